The van der Waals surface area contributed by atoms with Crippen LogP contribution in [0.3, 0.4) is 0 Å². The van der Waals surface area contributed by atoms with Gasteiger partial charge in [0.1, 0.15) is 16.4 Å². The molecule has 4 aromatic rings. The van der Waals surface area contributed by atoms with E-state index in [9.17, 15) is 8.42 Å². The number of aryl methyl sites for hydroxylation is 1. The quantitative estimate of drug-likeness (QED) is 0.488. The molecular formula is C19H16N4O3S2. The van der Waals surface area contributed by atoms with Crippen LogP contribution >= 0.6 is 11.3 Å². The number of H-pyrrole nitrogens is 1. The Balaban J connectivity index is 1.83. The minimum Gasteiger partial charge on any atom is -0.457 e. The van der Waals surface area contributed by atoms with Gasteiger partial charge in [0.05, 0.1) is 16.8 Å². The van der Waals surface area contributed by atoms with Gasteiger partial charge in [0.2, 0.25) is 0 Å². The number of aromatic amines is 1. The van der Waals surface area contributed by atoms with Crippen molar-refractivity contribution in [2.24, 2.45) is 0 Å². The number of benzene rings is 2. The van der Waals surface area contributed by atoms with Gasteiger partial charge in [-0.3, -0.25) is 9.82 Å². The fraction of sp³-hybridized carbons (Fsp3) is 0.0526. The molecular weight excluding hydrogens is 396 g/mol. The fourth-order valence-electron chi connectivity index (χ4n) is 2.68. The molecule has 4 rings (SSSR count). The second-order valence-corrected chi connectivity index (χ2v) is 8.59. The molecule has 0 saturated heterocycles. The lowest BCUT2D eigenvalue weighted by molar-refractivity contribution is 0.482. The van der Waals surface area contributed by atoms with Crippen molar-refractivity contribution in [1.29, 1.82) is 0 Å². The summed E-state index contributed by atoms with van der Waals surface area (Å²) in [6.07, 6.45) is 1.56. The molecule has 0 aliphatic carbocycles. The van der Waals surface area contributed by atoms with E-state index >= 15 is 0 Å². The highest BCUT2D eigenvalue weighted by Gasteiger charge is 2.25. The number of hydrogen-bond donors (Lipinski definition) is 2. The van der Waals surface area contributed by atoms with Crippen LogP contribution in [0.4, 0.5) is 5.82 Å². The van der Waals surface area contributed by atoms with E-state index in [2.05, 4.69) is 19.9 Å². The largest absolute Gasteiger partial charge is 0.457 e. The van der Waals surface area contributed by atoms with E-state index in [4.69, 9.17) is 4.74 Å². The SMILES string of the molecule is Cc1scnc1NS(=O)(=O)c1cccc(Oc2ccccc2)c1-c1ccn[nH]1. The second-order valence-electron chi connectivity index (χ2n) is 5.88. The molecule has 0 radical (unpaired) electrons. The minimum absolute atomic E-state index is 0.0672. The third-order valence-electron chi connectivity index (χ3n) is 3.99. The van der Waals surface area contributed by atoms with Gasteiger partial charge in [-0.2, -0.15) is 5.10 Å². The number of nitrogens with one attached hydrogen (secondary N) is 2. The summed E-state index contributed by atoms with van der Waals surface area (Å²) in [7, 11) is -3.91. The van der Waals surface area contributed by atoms with E-state index in [0.717, 1.165) is 4.88 Å². The third kappa shape index (κ3) is 3.62. The molecule has 2 aromatic heterocycles. The fourth-order valence-corrected chi connectivity index (χ4v) is 4.58. The van der Waals surface area contributed by atoms with E-state index in [-0.39, 0.29) is 4.90 Å². The normalized spacial score (nSPS) is 11.3. The van der Waals surface area contributed by atoms with Crippen molar-refractivity contribution in [3.05, 3.63) is 71.2 Å². The van der Waals surface area contributed by atoms with E-state index < -0.39 is 10.0 Å². The molecule has 142 valence electrons. The molecule has 0 amide bonds. The highest BCUT2D eigenvalue weighted by atomic mass is 32.2. The van der Waals surface area contributed by atoms with Crippen molar-refractivity contribution in [3.63, 3.8) is 0 Å². The average Bonchev–Trinajstić information content (AvgIpc) is 3.35. The molecule has 0 atom stereocenters. The molecule has 0 saturated carbocycles. The smallest absolute Gasteiger partial charge is 0.263 e. The van der Waals surface area contributed by atoms with Gasteiger partial charge < -0.3 is 4.74 Å². The van der Waals surface area contributed by atoms with Crippen LogP contribution in [0.1, 0.15) is 4.88 Å². The van der Waals surface area contributed by atoms with Gasteiger partial charge in [0.25, 0.3) is 10.0 Å². The molecule has 2 heterocycles. The van der Waals surface area contributed by atoms with Crippen molar-refractivity contribution in [2.45, 2.75) is 11.8 Å². The van der Waals surface area contributed by atoms with E-state index in [1.54, 1.807) is 49.0 Å². The first-order valence-corrected chi connectivity index (χ1v) is 10.7. The van der Waals surface area contributed by atoms with Gasteiger partial charge in [-0.25, -0.2) is 13.4 Å². The number of rotatable bonds is 6. The maximum atomic E-state index is 13.1. The number of nitrogens with zero attached hydrogens (tertiary/aromatic N) is 2. The predicted octanol–water partition coefficient (Wildman–Crippen LogP) is 4.43. The van der Waals surface area contributed by atoms with Crippen molar-refractivity contribution in [2.75, 3.05) is 4.72 Å². The zero-order valence-corrected chi connectivity index (χ0v) is 16.4. The summed E-state index contributed by atoms with van der Waals surface area (Å²) in [5.41, 5.74) is 2.52. The Kier molecular flexibility index (Phi) is 4.84. The molecule has 0 aliphatic heterocycles. The topological polar surface area (TPSA) is 97.0 Å². The lowest BCUT2D eigenvalue weighted by Gasteiger charge is -2.15. The van der Waals surface area contributed by atoms with Crippen LogP contribution in [0.15, 0.2) is 71.2 Å². The molecule has 0 unspecified atom stereocenters. The van der Waals surface area contributed by atoms with Crippen LogP contribution in [-0.4, -0.2) is 23.6 Å². The number of thiazole rings is 1. The standard InChI is InChI=1S/C19H16N4O3S2/c1-13-19(20-12-27-13)23-28(24,25)17-9-5-8-16(18(17)15-10-11-21-22-15)26-14-6-3-2-4-7-14/h2-12,23H,1H3,(H,21,22). The van der Waals surface area contributed by atoms with Gasteiger partial charge >= 0.3 is 0 Å². The molecule has 2 N–H and O–H groups in total. The summed E-state index contributed by atoms with van der Waals surface area (Å²) in [5.74, 6) is 1.31. The minimum atomic E-state index is -3.91. The van der Waals surface area contributed by atoms with Gasteiger partial charge in [-0.15, -0.1) is 11.3 Å². The van der Waals surface area contributed by atoms with Crippen LogP contribution in [-0.2, 0) is 10.0 Å². The summed E-state index contributed by atoms with van der Waals surface area (Å²) < 4.78 is 34.8. The first kappa shape index (κ1) is 18.2. The van der Waals surface area contributed by atoms with E-state index in [1.165, 1.54) is 17.4 Å². The highest BCUT2D eigenvalue weighted by molar-refractivity contribution is 7.92. The maximum absolute atomic E-state index is 13.1. The van der Waals surface area contributed by atoms with Crippen LogP contribution in [0.25, 0.3) is 11.3 Å². The first-order chi connectivity index (χ1) is 13.5. The summed E-state index contributed by atoms with van der Waals surface area (Å²) in [5, 5.41) is 6.78. The molecule has 0 spiro atoms. The maximum Gasteiger partial charge on any atom is 0.263 e. The van der Waals surface area contributed by atoms with Crippen LogP contribution < -0.4 is 9.46 Å². The predicted molar refractivity (Wildman–Crippen MR) is 108 cm³/mol. The summed E-state index contributed by atoms with van der Waals surface area (Å²) in [6, 6.07) is 15.7. The molecule has 0 aliphatic rings. The lowest BCUT2D eigenvalue weighted by Crippen LogP contribution is -2.15. The summed E-state index contributed by atoms with van der Waals surface area (Å²) >= 11 is 1.37. The van der Waals surface area contributed by atoms with Gasteiger partial charge in [-0.1, -0.05) is 24.3 Å². The Bertz CT molecular complexity index is 1190. The average molecular weight is 412 g/mol. The van der Waals surface area contributed by atoms with Gasteiger partial charge in [0.15, 0.2) is 5.82 Å². The summed E-state index contributed by atoms with van der Waals surface area (Å²) in [6.45, 7) is 1.81. The van der Waals surface area contributed by atoms with Crippen molar-refractivity contribution >= 4 is 27.2 Å². The van der Waals surface area contributed by atoms with Crippen LogP contribution in [0.2, 0.25) is 0 Å². The monoisotopic (exact) mass is 412 g/mol. The molecule has 9 heteroatoms. The van der Waals surface area contributed by atoms with Gasteiger partial charge in [-0.05, 0) is 37.3 Å². The molecule has 0 bridgehead atoms. The van der Waals surface area contributed by atoms with Gasteiger partial charge in [0, 0.05) is 11.1 Å². The number of sulfonamides is 1. The molecule has 2 aromatic carbocycles. The summed E-state index contributed by atoms with van der Waals surface area (Å²) in [4.78, 5) is 4.93. The van der Waals surface area contributed by atoms with Crippen LogP contribution in [0.5, 0.6) is 11.5 Å². The molecule has 0 fully saturated rings. The number of ether oxygens (including phenoxy) is 1. The lowest BCUT2D eigenvalue weighted by atomic mass is 10.1. The number of aromatic nitrogens is 3. The first-order valence-electron chi connectivity index (χ1n) is 8.33. The van der Waals surface area contributed by atoms with Crippen molar-refractivity contribution in [1.82, 2.24) is 15.2 Å². The Hall–Kier alpha value is -3.17. The highest BCUT2D eigenvalue weighted by Crippen LogP contribution is 2.38. The Labute approximate surface area is 166 Å². The van der Waals surface area contributed by atoms with E-state index in [1.807, 2.05) is 18.2 Å². The molecule has 28 heavy (non-hydrogen) atoms. The van der Waals surface area contributed by atoms with Crippen molar-refractivity contribution in [3.8, 4) is 22.8 Å². The van der Waals surface area contributed by atoms with Crippen molar-refractivity contribution < 1.29 is 13.2 Å². The van der Waals surface area contributed by atoms with E-state index in [0.29, 0.717) is 28.6 Å². The Morgan fingerprint density at radius 2 is 1.89 bits per heavy atom. The Morgan fingerprint density at radius 1 is 1.07 bits per heavy atom. The third-order valence-corrected chi connectivity index (χ3v) is 6.13. The van der Waals surface area contributed by atoms with Crippen LogP contribution in [0, 0.1) is 6.92 Å². The molecule has 7 nitrogen and oxygen atoms in total. The number of anilines is 1. The number of hydrogen-bond acceptors (Lipinski definition) is 6. The zero-order chi connectivity index (χ0) is 19.6. The second kappa shape index (κ2) is 7.45. The Morgan fingerprint density at radius 3 is 2.57 bits per heavy atom. The number of para-hydroxylation sites is 1. The zero-order valence-electron chi connectivity index (χ0n) is 14.8.